The molecule has 0 saturated carbocycles. The van der Waals surface area contributed by atoms with Crippen LogP contribution in [0.1, 0.15) is 5.56 Å². The Hall–Kier alpha value is -3.72. The van der Waals surface area contributed by atoms with Gasteiger partial charge in [-0.15, -0.1) is 0 Å². The summed E-state index contributed by atoms with van der Waals surface area (Å²) in [6.45, 7) is 0. The molecule has 3 aromatic rings. The highest BCUT2D eigenvalue weighted by Gasteiger charge is 2.15. The summed E-state index contributed by atoms with van der Waals surface area (Å²) in [7, 11) is 1.24. The molecule has 0 radical (unpaired) electrons. The Bertz CT molecular complexity index is 954. The molecule has 3 rings (SSSR count). The third kappa shape index (κ3) is 3.46. The quantitative estimate of drug-likeness (QED) is 0.417. The zero-order valence-electron chi connectivity index (χ0n) is 13.5. The van der Waals surface area contributed by atoms with Gasteiger partial charge in [0.25, 0.3) is 0 Å². The molecule has 0 aliphatic heterocycles. The van der Waals surface area contributed by atoms with Crippen molar-refractivity contribution in [3.05, 3.63) is 72.2 Å². The molecule has 0 spiro atoms. The van der Waals surface area contributed by atoms with Crippen LogP contribution in [0.5, 0.6) is 0 Å². The molecule has 0 aliphatic rings. The SMILES string of the molecule is COC(=O)/C(C#N)=C\c1cn(-c2ccccc2)nc1-c1ccncc1. The second-order valence-electron chi connectivity index (χ2n) is 5.11. The third-order valence-corrected chi connectivity index (χ3v) is 3.54. The zero-order valence-corrected chi connectivity index (χ0v) is 13.5. The fourth-order valence-electron chi connectivity index (χ4n) is 2.34. The van der Waals surface area contributed by atoms with Crippen molar-refractivity contribution in [3.8, 4) is 23.0 Å². The Kier molecular flexibility index (Phi) is 4.67. The molecule has 25 heavy (non-hydrogen) atoms. The van der Waals surface area contributed by atoms with Crippen LogP contribution in [0.15, 0.2) is 66.6 Å². The summed E-state index contributed by atoms with van der Waals surface area (Å²) in [6.07, 6.45) is 6.57. The van der Waals surface area contributed by atoms with Gasteiger partial charge in [0.15, 0.2) is 0 Å². The number of carbonyl (C=O) groups is 1. The monoisotopic (exact) mass is 330 g/mol. The third-order valence-electron chi connectivity index (χ3n) is 3.54. The molecule has 6 nitrogen and oxygen atoms in total. The number of pyridine rings is 1. The Labute approximate surface area is 144 Å². The second kappa shape index (κ2) is 7.23. The van der Waals surface area contributed by atoms with Crippen LogP contribution >= 0.6 is 0 Å². The molecule has 2 aromatic heterocycles. The number of nitriles is 1. The van der Waals surface area contributed by atoms with Crippen molar-refractivity contribution < 1.29 is 9.53 Å². The molecule has 1 aromatic carbocycles. The molecule has 2 heterocycles. The van der Waals surface area contributed by atoms with Crippen molar-refractivity contribution >= 4 is 12.0 Å². The van der Waals surface area contributed by atoms with Crippen LogP contribution in [0.2, 0.25) is 0 Å². The highest BCUT2D eigenvalue weighted by atomic mass is 16.5. The lowest BCUT2D eigenvalue weighted by Crippen LogP contribution is -2.02. The van der Waals surface area contributed by atoms with Crippen molar-refractivity contribution in [3.63, 3.8) is 0 Å². The molecule has 0 aliphatic carbocycles. The fraction of sp³-hybridized carbons (Fsp3) is 0.0526. The van der Waals surface area contributed by atoms with E-state index < -0.39 is 5.97 Å². The van der Waals surface area contributed by atoms with Crippen molar-refractivity contribution in [2.75, 3.05) is 7.11 Å². The first-order chi connectivity index (χ1) is 12.2. The number of carbonyl (C=O) groups excluding carboxylic acids is 1. The first-order valence-corrected chi connectivity index (χ1v) is 7.48. The van der Waals surface area contributed by atoms with E-state index in [-0.39, 0.29) is 5.57 Å². The molecule has 0 atom stereocenters. The predicted molar refractivity (Wildman–Crippen MR) is 92.4 cm³/mol. The highest BCUT2D eigenvalue weighted by molar-refractivity contribution is 5.98. The van der Waals surface area contributed by atoms with Crippen LogP contribution < -0.4 is 0 Å². The Morgan fingerprint density at radius 1 is 1.20 bits per heavy atom. The molecule has 0 unspecified atom stereocenters. The number of hydrogen-bond acceptors (Lipinski definition) is 5. The number of aromatic nitrogens is 3. The van der Waals surface area contributed by atoms with Gasteiger partial charge in [0.1, 0.15) is 17.3 Å². The molecular formula is C19H14N4O2. The molecule has 122 valence electrons. The smallest absolute Gasteiger partial charge is 0.348 e. The normalized spacial score (nSPS) is 11.0. The molecule has 0 N–H and O–H groups in total. The first kappa shape index (κ1) is 16.1. The highest BCUT2D eigenvalue weighted by Crippen LogP contribution is 2.25. The Morgan fingerprint density at radius 3 is 2.56 bits per heavy atom. The summed E-state index contributed by atoms with van der Waals surface area (Å²) in [5, 5.41) is 13.8. The summed E-state index contributed by atoms with van der Waals surface area (Å²) in [5.74, 6) is -0.685. The van der Waals surface area contributed by atoms with Gasteiger partial charge in [-0.1, -0.05) is 18.2 Å². The molecule has 0 saturated heterocycles. The largest absolute Gasteiger partial charge is 0.465 e. The first-order valence-electron chi connectivity index (χ1n) is 7.48. The minimum Gasteiger partial charge on any atom is -0.465 e. The molecule has 6 heteroatoms. The topological polar surface area (TPSA) is 80.8 Å². The molecule has 0 bridgehead atoms. The van der Waals surface area contributed by atoms with E-state index in [0.717, 1.165) is 11.3 Å². The summed E-state index contributed by atoms with van der Waals surface area (Å²) in [5.41, 5.74) is 2.89. The van der Waals surface area contributed by atoms with E-state index in [9.17, 15) is 10.1 Å². The second-order valence-corrected chi connectivity index (χ2v) is 5.11. The van der Waals surface area contributed by atoms with Crippen LogP contribution in [0.4, 0.5) is 0 Å². The maximum atomic E-state index is 11.7. The molecular weight excluding hydrogens is 316 g/mol. The van der Waals surface area contributed by atoms with Crippen LogP contribution in [-0.2, 0) is 9.53 Å². The number of rotatable bonds is 4. The lowest BCUT2D eigenvalue weighted by molar-refractivity contribution is -0.135. The summed E-state index contributed by atoms with van der Waals surface area (Å²) >= 11 is 0. The maximum Gasteiger partial charge on any atom is 0.348 e. The lowest BCUT2D eigenvalue weighted by atomic mass is 10.1. The van der Waals surface area contributed by atoms with Crippen molar-refractivity contribution in [1.29, 1.82) is 5.26 Å². The Balaban J connectivity index is 2.16. The van der Waals surface area contributed by atoms with E-state index in [4.69, 9.17) is 0 Å². The number of esters is 1. The maximum absolute atomic E-state index is 11.7. The summed E-state index contributed by atoms with van der Waals surface area (Å²) in [6, 6.07) is 15.1. The van der Waals surface area contributed by atoms with E-state index in [0.29, 0.717) is 11.3 Å². The number of para-hydroxylation sites is 1. The number of nitrogens with zero attached hydrogens (tertiary/aromatic N) is 4. The number of ether oxygens (including phenoxy) is 1. The lowest BCUT2D eigenvalue weighted by Gasteiger charge is -2.00. The van der Waals surface area contributed by atoms with Gasteiger partial charge < -0.3 is 4.74 Å². The van der Waals surface area contributed by atoms with Crippen molar-refractivity contribution in [1.82, 2.24) is 14.8 Å². The van der Waals surface area contributed by atoms with Gasteiger partial charge in [0.2, 0.25) is 0 Å². The van der Waals surface area contributed by atoms with Gasteiger partial charge in [-0.2, -0.15) is 10.4 Å². The van der Waals surface area contributed by atoms with Crippen molar-refractivity contribution in [2.45, 2.75) is 0 Å². The Morgan fingerprint density at radius 2 is 1.92 bits per heavy atom. The van der Waals surface area contributed by atoms with Crippen molar-refractivity contribution in [2.24, 2.45) is 0 Å². The van der Waals surface area contributed by atoms with Crippen LogP contribution in [-0.4, -0.2) is 27.8 Å². The predicted octanol–water partition coefficient (Wildman–Crippen LogP) is 3.01. The summed E-state index contributed by atoms with van der Waals surface area (Å²) < 4.78 is 6.35. The average molecular weight is 330 g/mol. The van der Waals surface area contributed by atoms with Gasteiger partial charge >= 0.3 is 5.97 Å². The van der Waals surface area contributed by atoms with Gasteiger partial charge in [0.05, 0.1) is 12.8 Å². The van der Waals surface area contributed by atoms with E-state index in [1.54, 1.807) is 23.3 Å². The van der Waals surface area contributed by atoms with E-state index >= 15 is 0 Å². The molecule has 0 amide bonds. The minimum absolute atomic E-state index is 0.0922. The number of benzene rings is 1. The number of hydrogen-bond donors (Lipinski definition) is 0. The molecule has 0 fully saturated rings. The zero-order chi connectivity index (χ0) is 17.6. The number of methoxy groups -OCH3 is 1. The van der Waals surface area contributed by atoms with Gasteiger partial charge in [0, 0.05) is 29.7 Å². The fourth-order valence-corrected chi connectivity index (χ4v) is 2.34. The summed E-state index contributed by atoms with van der Waals surface area (Å²) in [4.78, 5) is 15.7. The van der Waals surface area contributed by atoms with Gasteiger partial charge in [-0.05, 0) is 30.3 Å². The van der Waals surface area contributed by atoms with Crippen LogP contribution in [0.25, 0.3) is 23.0 Å². The van der Waals surface area contributed by atoms with E-state index in [1.165, 1.54) is 13.2 Å². The van der Waals surface area contributed by atoms with Crippen LogP contribution in [0.3, 0.4) is 0 Å². The standard InChI is InChI=1S/C19H14N4O2/c1-25-19(24)15(12-20)11-16-13-23(17-5-3-2-4-6-17)22-18(16)14-7-9-21-10-8-14/h2-11,13H,1H3/b15-11-. The van der Waals surface area contributed by atoms with E-state index in [2.05, 4.69) is 14.8 Å². The van der Waals surface area contributed by atoms with Crippen LogP contribution in [0, 0.1) is 11.3 Å². The van der Waals surface area contributed by atoms with Gasteiger partial charge in [-0.25, -0.2) is 9.48 Å². The van der Waals surface area contributed by atoms with E-state index in [1.807, 2.05) is 48.5 Å². The van der Waals surface area contributed by atoms with Gasteiger partial charge in [-0.3, -0.25) is 4.98 Å². The minimum atomic E-state index is -0.685. The average Bonchev–Trinajstić information content (AvgIpc) is 3.11.